The lowest BCUT2D eigenvalue weighted by molar-refractivity contribution is -0.135. The molecule has 0 saturated heterocycles. The molecule has 0 N–H and O–H groups in total. The molecule has 0 bridgehead atoms. The average Bonchev–Trinajstić information content (AvgIpc) is 2.38. The van der Waals surface area contributed by atoms with Crippen molar-refractivity contribution in [2.45, 2.75) is 13.0 Å². The minimum atomic E-state index is -0.481. The van der Waals surface area contributed by atoms with Gasteiger partial charge in [-0.15, -0.1) is 0 Å². The molecule has 0 heterocycles. The fraction of sp³-hybridized carbons (Fsp3) is 0.267. The summed E-state index contributed by atoms with van der Waals surface area (Å²) in [5.41, 5.74) is 0. The lowest BCUT2D eigenvalue weighted by Crippen LogP contribution is -2.35. The zero-order valence-electron chi connectivity index (χ0n) is 10.9. The second kappa shape index (κ2) is 5.08. The molecule has 0 fully saturated rings. The van der Waals surface area contributed by atoms with E-state index in [1.165, 1.54) is 4.90 Å². The molecule has 0 saturated carbocycles. The highest BCUT2D eigenvalue weighted by Crippen LogP contribution is 2.26. The van der Waals surface area contributed by atoms with Crippen LogP contribution in [0.5, 0.6) is 5.75 Å². The van der Waals surface area contributed by atoms with E-state index in [2.05, 4.69) is 0 Å². The van der Waals surface area contributed by atoms with Crippen molar-refractivity contribution in [2.24, 2.45) is 0 Å². The third-order valence-electron chi connectivity index (χ3n) is 2.84. The molecule has 0 radical (unpaired) electrons. The van der Waals surface area contributed by atoms with Crippen LogP contribution in [0.15, 0.2) is 42.5 Å². The van der Waals surface area contributed by atoms with Gasteiger partial charge in [-0.05, 0) is 18.4 Å². The first kappa shape index (κ1) is 12.4. The van der Waals surface area contributed by atoms with Gasteiger partial charge in [0.2, 0.25) is 0 Å². The van der Waals surface area contributed by atoms with E-state index in [0.717, 1.165) is 16.5 Å². The van der Waals surface area contributed by atoms with Crippen molar-refractivity contribution < 1.29 is 9.53 Å². The number of carbonyl (C=O) groups excluding carboxylic acids is 1. The molecule has 0 aliphatic heterocycles. The van der Waals surface area contributed by atoms with Gasteiger partial charge in [0, 0.05) is 19.5 Å². The number of hydrogen-bond donors (Lipinski definition) is 0. The molecule has 1 atom stereocenters. The van der Waals surface area contributed by atoms with Crippen molar-refractivity contribution in [3.05, 3.63) is 42.5 Å². The lowest BCUT2D eigenvalue weighted by Gasteiger charge is -2.19. The van der Waals surface area contributed by atoms with E-state index in [9.17, 15) is 4.79 Å². The Morgan fingerprint density at radius 1 is 1.11 bits per heavy atom. The summed E-state index contributed by atoms with van der Waals surface area (Å²) in [6, 6.07) is 13.8. The minimum Gasteiger partial charge on any atom is -0.480 e. The van der Waals surface area contributed by atoms with Crippen LogP contribution in [0.3, 0.4) is 0 Å². The molecule has 2 rings (SSSR count). The molecule has 0 aliphatic carbocycles. The molecule has 0 spiro atoms. The maximum atomic E-state index is 11.8. The zero-order valence-corrected chi connectivity index (χ0v) is 10.9. The van der Waals surface area contributed by atoms with Crippen LogP contribution in [0.4, 0.5) is 0 Å². The Hall–Kier alpha value is -2.03. The molecule has 0 unspecified atom stereocenters. The van der Waals surface area contributed by atoms with E-state index in [1.807, 2.05) is 42.5 Å². The van der Waals surface area contributed by atoms with Gasteiger partial charge in [0.25, 0.3) is 5.91 Å². The van der Waals surface area contributed by atoms with Gasteiger partial charge in [-0.25, -0.2) is 0 Å². The van der Waals surface area contributed by atoms with Gasteiger partial charge in [-0.2, -0.15) is 0 Å². The van der Waals surface area contributed by atoms with Crippen molar-refractivity contribution in [1.29, 1.82) is 0 Å². The van der Waals surface area contributed by atoms with Crippen LogP contribution in [0, 0.1) is 0 Å². The number of ether oxygens (including phenoxy) is 1. The first-order valence-corrected chi connectivity index (χ1v) is 5.95. The second-order valence-corrected chi connectivity index (χ2v) is 4.47. The largest absolute Gasteiger partial charge is 0.480 e. The third-order valence-corrected chi connectivity index (χ3v) is 2.84. The van der Waals surface area contributed by atoms with Gasteiger partial charge in [0.05, 0.1) is 0 Å². The highest BCUT2D eigenvalue weighted by Gasteiger charge is 2.17. The number of amides is 1. The SMILES string of the molecule is C[C@H](Oc1cccc2ccccc12)C(=O)N(C)C. The van der Waals surface area contributed by atoms with Crippen LogP contribution in [0.2, 0.25) is 0 Å². The van der Waals surface area contributed by atoms with E-state index in [0.29, 0.717) is 0 Å². The van der Waals surface area contributed by atoms with Crippen LogP contribution in [-0.2, 0) is 4.79 Å². The summed E-state index contributed by atoms with van der Waals surface area (Å²) in [4.78, 5) is 13.3. The van der Waals surface area contributed by atoms with E-state index >= 15 is 0 Å². The van der Waals surface area contributed by atoms with Crippen molar-refractivity contribution >= 4 is 16.7 Å². The van der Waals surface area contributed by atoms with Gasteiger partial charge in [-0.3, -0.25) is 4.79 Å². The van der Waals surface area contributed by atoms with E-state index in [1.54, 1.807) is 21.0 Å². The highest BCUT2D eigenvalue weighted by atomic mass is 16.5. The zero-order chi connectivity index (χ0) is 13.1. The third kappa shape index (κ3) is 2.45. The Labute approximate surface area is 107 Å². The number of likely N-dealkylation sites (N-methyl/N-ethyl adjacent to an activating group) is 1. The Bertz CT molecular complexity index is 558. The van der Waals surface area contributed by atoms with Gasteiger partial charge < -0.3 is 9.64 Å². The molecule has 3 heteroatoms. The van der Waals surface area contributed by atoms with Crippen LogP contribution in [0.1, 0.15) is 6.92 Å². The molecule has 18 heavy (non-hydrogen) atoms. The van der Waals surface area contributed by atoms with Crippen LogP contribution in [-0.4, -0.2) is 31.0 Å². The second-order valence-electron chi connectivity index (χ2n) is 4.47. The van der Waals surface area contributed by atoms with Gasteiger partial charge in [0.1, 0.15) is 5.75 Å². The van der Waals surface area contributed by atoms with Crippen LogP contribution in [0.25, 0.3) is 10.8 Å². The number of rotatable bonds is 3. The van der Waals surface area contributed by atoms with Gasteiger partial charge >= 0.3 is 0 Å². The Kier molecular flexibility index (Phi) is 3.51. The summed E-state index contributed by atoms with van der Waals surface area (Å²) >= 11 is 0. The van der Waals surface area contributed by atoms with Crippen molar-refractivity contribution in [3.8, 4) is 5.75 Å². The van der Waals surface area contributed by atoms with Gasteiger partial charge in [-0.1, -0.05) is 36.4 Å². The molecule has 2 aromatic rings. The number of hydrogen-bond acceptors (Lipinski definition) is 2. The molecule has 2 aromatic carbocycles. The summed E-state index contributed by atoms with van der Waals surface area (Å²) in [6.45, 7) is 1.77. The number of fused-ring (bicyclic) bond motifs is 1. The maximum absolute atomic E-state index is 11.8. The van der Waals surface area contributed by atoms with Crippen LogP contribution >= 0.6 is 0 Å². The molecule has 0 aromatic heterocycles. The number of benzene rings is 2. The monoisotopic (exact) mass is 243 g/mol. The molecule has 3 nitrogen and oxygen atoms in total. The fourth-order valence-corrected chi connectivity index (χ4v) is 1.90. The smallest absolute Gasteiger partial charge is 0.262 e. The predicted molar refractivity (Wildman–Crippen MR) is 72.7 cm³/mol. The van der Waals surface area contributed by atoms with E-state index in [4.69, 9.17) is 4.74 Å². The maximum Gasteiger partial charge on any atom is 0.262 e. The molecule has 94 valence electrons. The molecular formula is C15H17NO2. The summed E-state index contributed by atoms with van der Waals surface area (Å²) in [7, 11) is 3.45. The summed E-state index contributed by atoms with van der Waals surface area (Å²) in [6.07, 6.45) is -0.481. The van der Waals surface area contributed by atoms with Crippen molar-refractivity contribution in [1.82, 2.24) is 4.90 Å². The van der Waals surface area contributed by atoms with Crippen LogP contribution < -0.4 is 4.74 Å². The summed E-state index contributed by atoms with van der Waals surface area (Å²) in [5.74, 6) is 0.707. The highest BCUT2D eigenvalue weighted by molar-refractivity contribution is 5.89. The van der Waals surface area contributed by atoms with Crippen molar-refractivity contribution in [3.63, 3.8) is 0 Å². The minimum absolute atomic E-state index is 0.0389. The number of nitrogens with zero attached hydrogens (tertiary/aromatic N) is 1. The quantitative estimate of drug-likeness (QED) is 0.829. The van der Waals surface area contributed by atoms with E-state index in [-0.39, 0.29) is 5.91 Å². The Morgan fingerprint density at radius 3 is 2.50 bits per heavy atom. The first-order valence-electron chi connectivity index (χ1n) is 5.95. The van der Waals surface area contributed by atoms with Crippen molar-refractivity contribution in [2.75, 3.05) is 14.1 Å². The van der Waals surface area contributed by atoms with Gasteiger partial charge in [0.15, 0.2) is 6.10 Å². The number of carbonyl (C=O) groups is 1. The van der Waals surface area contributed by atoms with E-state index < -0.39 is 6.10 Å². The average molecular weight is 243 g/mol. The Morgan fingerprint density at radius 2 is 1.78 bits per heavy atom. The fourth-order valence-electron chi connectivity index (χ4n) is 1.90. The molecule has 0 aliphatic rings. The molecular weight excluding hydrogens is 226 g/mol. The predicted octanol–water partition coefficient (Wildman–Crippen LogP) is 2.70. The summed E-state index contributed by atoms with van der Waals surface area (Å²) in [5, 5.41) is 2.14. The molecule has 1 amide bonds. The lowest BCUT2D eigenvalue weighted by atomic mass is 10.1. The first-order chi connectivity index (χ1) is 8.59. The Balaban J connectivity index is 2.29. The standard InChI is InChI=1S/C15H17NO2/c1-11(15(17)16(2)3)18-14-10-6-8-12-7-4-5-9-13(12)14/h4-11H,1-3H3/t11-/m0/s1. The normalized spacial score (nSPS) is 12.2. The summed E-state index contributed by atoms with van der Waals surface area (Å²) < 4.78 is 5.76. The topological polar surface area (TPSA) is 29.5 Å².